The fourth-order valence-electron chi connectivity index (χ4n) is 5.76. The van der Waals surface area contributed by atoms with Crippen LogP contribution in [0.25, 0.3) is 0 Å². The van der Waals surface area contributed by atoms with Crippen molar-refractivity contribution in [1.82, 2.24) is 14.7 Å². The molecule has 0 unspecified atom stereocenters. The van der Waals surface area contributed by atoms with Gasteiger partial charge in [-0.1, -0.05) is 43.7 Å². The lowest BCUT2D eigenvalue weighted by molar-refractivity contribution is -0.139. The Balaban J connectivity index is 1.71. The van der Waals surface area contributed by atoms with E-state index >= 15 is 0 Å². The Morgan fingerprint density at radius 1 is 1.09 bits per heavy atom. The Labute approximate surface area is 261 Å². The highest BCUT2D eigenvalue weighted by atomic mass is 16.6. The summed E-state index contributed by atoms with van der Waals surface area (Å²) in [5.41, 5.74) is -0.649. The number of aliphatic hydroxyl groups is 2. The van der Waals surface area contributed by atoms with Gasteiger partial charge in [-0.05, 0) is 58.6 Å². The van der Waals surface area contributed by atoms with Crippen LogP contribution in [0.5, 0.6) is 0 Å². The number of carbonyl (C=O) groups excluding carboxylic acids is 4. The molecule has 2 heterocycles. The Morgan fingerprint density at radius 3 is 2.45 bits per heavy atom. The van der Waals surface area contributed by atoms with E-state index in [1.807, 2.05) is 27.0 Å². The molecule has 3 aliphatic rings. The number of Topliss-reactive ketones (excluding diaryl/α,β-unsaturated/α-hetero) is 2. The molecule has 11 nitrogen and oxygen atoms in total. The highest BCUT2D eigenvalue weighted by molar-refractivity contribution is 6.38. The van der Waals surface area contributed by atoms with Crippen molar-refractivity contribution in [3.8, 4) is 0 Å². The number of aliphatic hydroxyl groups excluding tert-OH is 1. The van der Waals surface area contributed by atoms with Crippen LogP contribution in [0.2, 0.25) is 0 Å². The van der Waals surface area contributed by atoms with E-state index in [2.05, 4.69) is 4.90 Å². The third-order valence-corrected chi connectivity index (χ3v) is 8.79. The van der Waals surface area contributed by atoms with Crippen molar-refractivity contribution < 1.29 is 38.9 Å². The van der Waals surface area contributed by atoms with Gasteiger partial charge < -0.3 is 34.4 Å². The first-order valence-electron chi connectivity index (χ1n) is 15.8. The van der Waals surface area contributed by atoms with Gasteiger partial charge in [0, 0.05) is 51.6 Å². The lowest BCUT2D eigenvalue weighted by atomic mass is 9.80. The lowest BCUT2D eigenvalue weighted by Gasteiger charge is -2.36. The second kappa shape index (κ2) is 16.3. The van der Waals surface area contributed by atoms with Gasteiger partial charge in [0.25, 0.3) is 0 Å². The van der Waals surface area contributed by atoms with Gasteiger partial charge in [-0.2, -0.15) is 0 Å². The predicted octanol–water partition coefficient (Wildman–Crippen LogP) is 3.35. The summed E-state index contributed by atoms with van der Waals surface area (Å²) in [6.07, 6.45) is 8.42. The summed E-state index contributed by atoms with van der Waals surface area (Å²) in [5, 5.41) is 21.0. The van der Waals surface area contributed by atoms with Gasteiger partial charge in [-0.25, -0.2) is 9.59 Å². The predicted molar refractivity (Wildman–Crippen MR) is 166 cm³/mol. The highest BCUT2D eigenvalue weighted by Gasteiger charge is 2.37. The molecule has 246 valence electrons. The highest BCUT2D eigenvalue weighted by Crippen LogP contribution is 2.29. The SMILES string of the molecule is C/C(=C\C=C\[C@@H](C)COC(=O)N1CC[C@@H](O)C1)[C@H]1C(=O)C(=O)CCCC[C@](C)(O)[C@@H](OC(=O)N2CCN(C)CC2)/C=C/[C@@H]1C. The summed E-state index contributed by atoms with van der Waals surface area (Å²) in [6, 6.07) is 0. The number of ketones is 2. The Kier molecular flexibility index (Phi) is 13.2. The molecule has 0 aromatic rings. The lowest BCUT2D eigenvalue weighted by Crippen LogP contribution is -2.50. The molecule has 0 aromatic heterocycles. The summed E-state index contributed by atoms with van der Waals surface area (Å²) in [7, 11) is 2.00. The van der Waals surface area contributed by atoms with Crippen molar-refractivity contribution in [2.45, 2.75) is 77.6 Å². The zero-order valence-corrected chi connectivity index (χ0v) is 26.9. The molecule has 3 rings (SSSR count). The van der Waals surface area contributed by atoms with Crippen LogP contribution in [0.4, 0.5) is 9.59 Å². The Morgan fingerprint density at radius 2 is 1.80 bits per heavy atom. The summed E-state index contributed by atoms with van der Waals surface area (Å²) < 4.78 is 11.2. The number of rotatable bonds is 6. The van der Waals surface area contributed by atoms with E-state index in [4.69, 9.17) is 9.47 Å². The van der Waals surface area contributed by atoms with Gasteiger partial charge in [-0.3, -0.25) is 9.59 Å². The van der Waals surface area contributed by atoms with E-state index in [1.54, 1.807) is 43.1 Å². The Hall–Kier alpha value is -3.02. The van der Waals surface area contributed by atoms with Crippen LogP contribution in [-0.4, -0.2) is 119 Å². The molecule has 2 fully saturated rings. The van der Waals surface area contributed by atoms with Crippen LogP contribution in [-0.2, 0) is 19.1 Å². The molecule has 2 saturated heterocycles. The zero-order valence-electron chi connectivity index (χ0n) is 26.9. The molecule has 6 atom stereocenters. The molecule has 2 N–H and O–H groups in total. The van der Waals surface area contributed by atoms with E-state index in [1.165, 1.54) is 4.90 Å². The summed E-state index contributed by atoms with van der Waals surface area (Å²) >= 11 is 0. The first-order valence-corrected chi connectivity index (χ1v) is 15.8. The third-order valence-electron chi connectivity index (χ3n) is 8.79. The number of likely N-dealkylation sites (N-methyl/N-ethyl adjacent to an activating group) is 1. The van der Waals surface area contributed by atoms with Crippen molar-refractivity contribution in [3.63, 3.8) is 0 Å². The molecule has 2 aliphatic heterocycles. The number of hydrogen-bond acceptors (Lipinski definition) is 9. The Bertz CT molecular complexity index is 1110. The number of ether oxygens (including phenoxy) is 2. The quantitative estimate of drug-likeness (QED) is 0.261. The maximum absolute atomic E-state index is 13.4. The molecule has 0 aromatic carbocycles. The van der Waals surface area contributed by atoms with Gasteiger partial charge in [0.15, 0.2) is 11.9 Å². The number of likely N-dealkylation sites (tertiary alicyclic amines) is 1. The van der Waals surface area contributed by atoms with Crippen molar-refractivity contribution in [2.24, 2.45) is 17.8 Å². The number of nitrogens with zero attached hydrogens (tertiary/aromatic N) is 3. The van der Waals surface area contributed by atoms with E-state index in [-0.39, 0.29) is 25.5 Å². The first-order chi connectivity index (χ1) is 20.8. The number of allylic oxidation sites excluding steroid dienone is 4. The fraction of sp³-hybridized carbons (Fsp3) is 0.697. The van der Waals surface area contributed by atoms with Crippen LogP contribution < -0.4 is 0 Å². The number of piperazine rings is 1. The van der Waals surface area contributed by atoms with Crippen LogP contribution >= 0.6 is 0 Å². The third kappa shape index (κ3) is 10.3. The van der Waals surface area contributed by atoms with Gasteiger partial charge in [-0.15, -0.1) is 0 Å². The van der Waals surface area contributed by atoms with Crippen molar-refractivity contribution >= 4 is 23.8 Å². The van der Waals surface area contributed by atoms with E-state index < -0.39 is 53.4 Å². The van der Waals surface area contributed by atoms with Gasteiger partial charge >= 0.3 is 12.2 Å². The monoisotopic (exact) mass is 617 g/mol. The number of amides is 2. The van der Waals surface area contributed by atoms with Crippen LogP contribution in [0, 0.1) is 17.8 Å². The molecule has 1 aliphatic carbocycles. The molecule has 0 radical (unpaired) electrons. The molecule has 11 heteroatoms. The molecule has 0 spiro atoms. The van der Waals surface area contributed by atoms with Crippen molar-refractivity contribution in [3.05, 3.63) is 36.0 Å². The maximum atomic E-state index is 13.4. The largest absolute Gasteiger partial charge is 0.449 e. The minimum absolute atomic E-state index is 0.0904. The molecule has 2 amide bonds. The second-order valence-electron chi connectivity index (χ2n) is 12.9. The normalized spacial score (nSPS) is 31.4. The zero-order chi connectivity index (χ0) is 32.4. The molecule has 0 saturated carbocycles. The molecule has 0 bridgehead atoms. The first kappa shape index (κ1) is 35.5. The molecular formula is C33H51N3O8. The minimum atomic E-state index is -1.35. The topological polar surface area (TPSA) is 137 Å². The number of hydrogen-bond donors (Lipinski definition) is 2. The minimum Gasteiger partial charge on any atom is -0.449 e. The number of β-amino-alcohol motifs (C(OH)–C–C–N with tert-alkyl or cyclic N) is 1. The average Bonchev–Trinajstić information content (AvgIpc) is 3.42. The standard InChI is InChI=1S/C33H51N3O8/c1-23(22-43-31(40)36-16-14-26(37)21-36)9-8-10-24(2)29-25(3)12-13-28(44-32(41)35-19-17-34(5)18-20-35)33(4,42)15-7-6-11-27(38)30(29)39/h8-10,12-13,23,25-26,28-29,37,42H,6-7,11,14-22H2,1-5H3/b9-8+,13-12+,24-10+/t23-,25+,26-,28+,29-,33+/m1/s1. The smallest absolute Gasteiger partial charge is 0.410 e. The summed E-state index contributed by atoms with van der Waals surface area (Å²) in [5.74, 6) is -2.13. The van der Waals surface area contributed by atoms with Crippen molar-refractivity contribution in [1.29, 1.82) is 0 Å². The maximum Gasteiger partial charge on any atom is 0.410 e. The fourth-order valence-corrected chi connectivity index (χ4v) is 5.76. The van der Waals surface area contributed by atoms with E-state index in [9.17, 15) is 29.4 Å². The van der Waals surface area contributed by atoms with Gasteiger partial charge in [0.05, 0.1) is 18.6 Å². The molecular weight excluding hydrogens is 566 g/mol. The second-order valence-corrected chi connectivity index (χ2v) is 12.9. The van der Waals surface area contributed by atoms with Crippen LogP contribution in [0.3, 0.4) is 0 Å². The van der Waals surface area contributed by atoms with E-state index in [0.717, 1.165) is 13.1 Å². The average molecular weight is 618 g/mol. The summed E-state index contributed by atoms with van der Waals surface area (Å²) in [6.45, 7) is 10.7. The van der Waals surface area contributed by atoms with Crippen LogP contribution in [0.1, 0.15) is 59.8 Å². The van der Waals surface area contributed by atoms with Crippen molar-refractivity contribution in [2.75, 3.05) is 52.9 Å². The van der Waals surface area contributed by atoms with E-state index in [0.29, 0.717) is 50.9 Å². The van der Waals surface area contributed by atoms with Gasteiger partial charge in [0.2, 0.25) is 5.78 Å². The van der Waals surface area contributed by atoms with Gasteiger partial charge in [0.1, 0.15) is 5.60 Å². The molecule has 44 heavy (non-hydrogen) atoms. The summed E-state index contributed by atoms with van der Waals surface area (Å²) in [4.78, 5) is 56.7. The van der Waals surface area contributed by atoms with Crippen LogP contribution in [0.15, 0.2) is 36.0 Å². The number of carbonyl (C=O) groups is 4.